The lowest BCUT2D eigenvalue weighted by atomic mass is 9.46. The van der Waals surface area contributed by atoms with Crippen molar-refractivity contribution in [2.75, 3.05) is 0 Å². The van der Waals surface area contributed by atoms with Gasteiger partial charge in [-0.3, -0.25) is 9.59 Å². The second-order valence-electron chi connectivity index (χ2n) is 12.1. The topological polar surface area (TPSA) is 54.4 Å². The molecular formula is C27H42O3. The Balaban J connectivity index is 1.58. The maximum Gasteiger partial charge on any atom is 0.225 e. The van der Waals surface area contributed by atoms with Crippen LogP contribution in [0.5, 0.6) is 0 Å². The molecule has 3 nitrogen and oxygen atoms in total. The van der Waals surface area contributed by atoms with Gasteiger partial charge in [0.25, 0.3) is 0 Å². The molecule has 4 rings (SSSR count). The average Bonchev–Trinajstić information content (AvgIpc) is 3.04. The number of carbonyl (C=O) groups excluding carboxylic acids is 2. The average molecular weight is 415 g/mol. The van der Waals surface area contributed by atoms with E-state index in [1.165, 1.54) is 32.1 Å². The Kier molecular flexibility index (Phi) is 5.83. The lowest BCUT2D eigenvalue weighted by Gasteiger charge is -2.57. The van der Waals surface area contributed by atoms with Gasteiger partial charge >= 0.3 is 0 Å². The van der Waals surface area contributed by atoms with Crippen molar-refractivity contribution in [3.63, 3.8) is 0 Å². The number of aliphatic hydroxyl groups is 1. The molecule has 4 aliphatic rings. The molecule has 4 aliphatic carbocycles. The van der Waals surface area contributed by atoms with Crippen LogP contribution in [0.1, 0.15) is 92.4 Å². The molecule has 1 N–H and O–H groups in total. The molecule has 0 aromatic rings. The largest absolute Gasteiger partial charge is 0.389 e. The Bertz CT molecular complexity index is 736. The van der Waals surface area contributed by atoms with Crippen LogP contribution in [-0.4, -0.2) is 22.8 Å². The van der Waals surface area contributed by atoms with E-state index in [9.17, 15) is 14.7 Å². The maximum atomic E-state index is 13.4. The predicted octanol–water partition coefficient (Wildman–Crippen LogP) is 5.75. The molecule has 0 heterocycles. The van der Waals surface area contributed by atoms with E-state index < -0.39 is 6.10 Å². The zero-order valence-corrected chi connectivity index (χ0v) is 19.7. The van der Waals surface area contributed by atoms with Crippen LogP contribution in [0.4, 0.5) is 0 Å². The number of rotatable bonds is 5. The van der Waals surface area contributed by atoms with Crippen molar-refractivity contribution in [3.05, 3.63) is 11.6 Å². The van der Waals surface area contributed by atoms with E-state index in [4.69, 9.17) is 0 Å². The molecule has 0 saturated heterocycles. The molecule has 0 spiro atoms. The molecule has 0 bridgehead atoms. The zero-order valence-electron chi connectivity index (χ0n) is 19.7. The molecule has 3 fully saturated rings. The minimum Gasteiger partial charge on any atom is -0.389 e. The van der Waals surface area contributed by atoms with Crippen LogP contribution in [0.15, 0.2) is 11.6 Å². The molecule has 168 valence electrons. The Morgan fingerprint density at radius 2 is 1.73 bits per heavy atom. The second kappa shape index (κ2) is 7.87. The Labute approximate surface area is 183 Å². The smallest absolute Gasteiger partial charge is 0.225 e. The minimum absolute atomic E-state index is 0.0958. The van der Waals surface area contributed by atoms with Gasteiger partial charge in [-0.1, -0.05) is 53.9 Å². The van der Waals surface area contributed by atoms with Crippen LogP contribution in [0.25, 0.3) is 0 Å². The number of fused-ring (bicyclic) bond motifs is 5. The van der Waals surface area contributed by atoms with Gasteiger partial charge < -0.3 is 5.11 Å². The van der Waals surface area contributed by atoms with Crippen LogP contribution in [0.3, 0.4) is 0 Å². The van der Waals surface area contributed by atoms with Crippen molar-refractivity contribution in [1.29, 1.82) is 0 Å². The lowest BCUT2D eigenvalue weighted by Crippen LogP contribution is -2.57. The van der Waals surface area contributed by atoms with Gasteiger partial charge in [-0.15, -0.1) is 0 Å². The number of carbonyl (C=O) groups is 2. The highest BCUT2D eigenvalue weighted by Gasteiger charge is 2.63. The third-order valence-electron chi connectivity index (χ3n) is 9.99. The summed E-state index contributed by atoms with van der Waals surface area (Å²) < 4.78 is 0. The molecular weight excluding hydrogens is 372 g/mol. The van der Waals surface area contributed by atoms with Gasteiger partial charge in [-0.25, -0.2) is 0 Å². The molecule has 0 amide bonds. The number of ketones is 2. The fourth-order valence-corrected chi connectivity index (χ4v) is 8.30. The summed E-state index contributed by atoms with van der Waals surface area (Å²) in [5, 5.41) is 10.1. The number of hydrogen-bond acceptors (Lipinski definition) is 3. The van der Waals surface area contributed by atoms with Gasteiger partial charge in [-0.05, 0) is 85.0 Å². The van der Waals surface area contributed by atoms with E-state index in [0.29, 0.717) is 29.7 Å². The van der Waals surface area contributed by atoms with E-state index in [1.54, 1.807) is 6.08 Å². The van der Waals surface area contributed by atoms with Crippen molar-refractivity contribution < 1.29 is 14.7 Å². The maximum absolute atomic E-state index is 13.4. The fourth-order valence-electron chi connectivity index (χ4n) is 8.30. The van der Waals surface area contributed by atoms with Gasteiger partial charge in [0.15, 0.2) is 0 Å². The summed E-state index contributed by atoms with van der Waals surface area (Å²) >= 11 is 0. The van der Waals surface area contributed by atoms with Gasteiger partial charge in [0.1, 0.15) is 0 Å². The SMILES string of the molecule is CC(C)CCC[C@@H](C)[C@H]1CC[C@H]2[C@@H]3C(=O)C(=O)C4=C[C@@H](O)CC[C@]4(C)[C@H]3CC[C@]12C. The normalized spacial score (nSPS) is 44.4. The summed E-state index contributed by atoms with van der Waals surface area (Å²) in [6.07, 6.45) is 11.1. The van der Waals surface area contributed by atoms with Gasteiger partial charge in [0, 0.05) is 11.5 Å². The van der Waals surface area contributed by atoms with Gasteiger partial charge in [-0.2, -0.15) is 0 Å². The molecule has 3 heteroatoms. The minimum atomic E-state index is -0.571. The van der Waals surface area contributed by atoms with E-state index >= 15 is 0 Å². The van der Waals surface area contributed by atoms with E-state index in [1.807, 2.05) is 0 Å². The first kappa shape index (κ1) is 22.2. The highest BCUT2D eigenvalue weighted by molar-refractivity contribution is 6.45. The Morgan fingerprint density at radius 1 is 1.00 bits per heavy atom. The molecule has 0 aromatic carbocycles. The summed E-state index contributed by atoms with van der Waals surface area (Å²) in [7, 11) is 0. The van der Waals surface area contributed by atoms with E-state index in [-0.39, 0.29) is 34.2 Å². The van der Waals surface area contributed by atoms with Crippen LogP contribution in [0, 0.1) is 46.3 Å². The Hall–Kier alpha value is -0.960. The third kappa shape index (κ3) is 3.34. The molecule has 30 heavy (non-hydrogen) atoms. The van der Waals surface area contributed by atoms with Gasteiger partial charge in [0.05, 0.1) is 6.10 Å². The highest BCUT2D eigenvalue weighted by Crippen LogP contribution is 2.66. The van der Waals surface area contributed by atoms with Crippen LogP contribution < -0.4 is 0 Å². The number of aliphatic hydroxyl groups excluding tert-OH is 1. The first-order chi connectivity index (χ1) is 14.1. The summed E-state index contributed by atoms with van der Waals surface area (Å²) in [5.41, 5.74) is 0.602. The van der Waals surface area contributed by atoms with E-state index in [0.717, 1.165) is 25.2 Å². The highest BCUT2D eigenvalue weighted by atomic mass is 16.3. The molecule has 0 radical (unpaired) electrons. The summed E-state index contributed by atoms with van der Waals surface area (Å²) in [5.74, 6) is 2.25. The predicted molar refractivity (Wildman–Crippen MR) is 120 cm³/mol. The zero-order chi connectivity index (χ0) is 21.8. The van der Waals surface area contributed by atoms with Crippen LogP contribution >= 0.6 is 0 Å². The van der Waals surface area contributed by atoms with Crippen molar-refractivity contribution in [3.8, 4) is 0 Å². The van der Waals surface area contributed by atoms with E-state index in [2.05, 4.69) is 34.6 Å². The second-order valence-corrected chi connectivity index (χ2v) is 12.1. The number of hydrogen-bond donors (Lipinski definition) is 1. The van der Waals surface area contributed by atoms with Crippen LogP contribution in [0.2, 0.25) is 0 Å². The Morgan fingerprint density at radius 3 is 2.43 bits per heavy atom. The van der Waals surface area contributed by atoms with Crippen molar-refractivity contribution >= 4 is 11.6 Å². The van der Waals surface area contributed by atoms with Crippen LogP contribution in [-0.2, 0) is 9.59 Å². The number of allylic oxidation sites excluding steroid dienone is 1. The first-order valence-electron chi connectivity index (χ1n) is 12.6. The molecule has 8 atom stereocenters. The lowest BCUT2D eigenvalue weighted by molar-refractivity contribution is -0.152. The third-order valence-corrected chi connectivity index (χ3v) is 9.99. The van der Waals surface area contributed by atoms with Crippen molar-refractivity contribution in [2.45, 2.75) is 98.5 Å². The molecule has 0 unspecified atom stereocenters. The quantitative estimate of drug-likeness (QED) is 0.583. The fraction of sp³-hybridized carbons (Fsp3) is 0.852. The first-order valence-corrected chi connectivity index (χ1v) is 12.6. The molecule has 3 saturated carbocycles. The monoisotopic (exact) mass is 414 g/mol. The van der Waals surface area contributed by atoms with Crippen molar-refractivity contribution in [2.24, 2.45) is 46.3 Å². The summed E-state index contributed by atoms with van der Waals surface area (Å²) in [6.45, 7) is 11.7. The summed E-state index contributed by atoms with van der Waals surface area (Å²) in [6, 6.07) is 0. The summed E-state index contributed by atoms with van der Waals surface area (Å²) in [4.78, 5) is 26.5. The van der Waals surface area contributed by atoms with Crippen molar-refractivity contribution in [1.82, 2.24) is 0 Å². The molecule has 0 aromatic heterocycles. The van der Waals surface area contributed by atoms with Gasteiger partial charge in [0.2, 0.25) is 11.6 Å². The standard InChI is InChI=1S/C27H42O3/c1-16(2)7-6-8-17(3)19-9-10-20-23-21(12-14-26(19,20)4)27(5)13-11-18(28)15-22(27)24(29)25(23)30/h15-21,23,28H,6-14H2,1-5H3/t17-,18+,19-,20+,21+,23+,26-,27-/m1/s1. The number of Topliss-reactive ketones (excluding diaryl/α,β-unsaturated/α-hetero) is 2. The molecule has 0 aliphatic heterocycles.